The third-order valence-electron chi connectivity index (χ3n) is 4.80. The van der Waals surface area contributed by atoms with Gasteiger partial charge < -0.3 is 15.2 Å². The molecule has 3 heterocycles. The van der Waals surface area contributed by atoms with E-state index in [1.807, 2.05) is 24.3 Å². The summed E-state index contributed by atoms with van der Waals surface area (Å²) in [6.07, 6.45) is 5.59. The quantitative estimate of drug-likeness (QED) is 0.897. The summed E-state index contributed by atoms with van der Waals surface area (Å²) in [4.78, 5) is 18.4. The summed E-state index contributed by atoms with van der Waals surface area (Å²) in [6, 6.07) is 7.82. The molecule has 0 unspecified atom stereocenters. The lowest BCUT2D eigenvalue weighted by molar-refractivity contribution is 0.243. The molecular formula is C18H23N5O2. The Hall–Kier alpha value is -2.41. The van der Waals surface area contributed by atoms with Gasteiger partial charge in [-0.3, -0.25) is 4.90 Å². The van der Waals surface area contributed by atoms with Crippen LogP contribution >= 0.6 is 0 Å². The van der Waals surface area contributed by atoms with Crippen molar-refractivity contribution >= 4 is 11.7 Å². The Morgan fingerprint density at radius 2 is 2.12 bits per heavy atom. The van der Waals surface area contributed by atoms with Gasteiger partial charge in [0.15, 0.2) is 5.82 Å². The van der Waals surface area contributed by atoms with Crippen LogP contribution in [0.15, 0.2) is 28.8 Å². The van der Waals surface area contributed by atoms with Crippen LogP contribution in [0.2, 0.25) is 0 Å². The largest absolute Gasteiger partial charge is 0.338 e. The van der Waals surface area contributed by atoms with E-state index in [9.17, 15) is 4.79 Å². The van der Waals surface area contributed by atoms with E-state index < -0.39 is 0 Å². The fourth-order valence-electron chi connectivity index (χ4n) is 3.43. The van der Waals surface area contributed by atoms with Crippen molar-refractivity contribution in [1.82, 2.24) is 20.8 Å². The highest BCUT2D eigenvalue weighted by Crippen LogP contribution is 2.27. The monoisotopic (exact) mass is 341 g/mol. The number of carbonyl (C=O) groups excluding carboxylic acids is 1. The number of rotatable bonds is 3. The molecule has 25 heavy (non-hydrogen) atoms. The summed E-state index contributed by atoms with van der Waals surface area (Å²) < 4.78 is 5.49. The second kappa shape index (κ2) is 7.23. The highest BCUT2D eigenvalue weighted by Gasteiger charge is 2.22. The normalized spacial score (nSPS) is 21.7. The lowest BCUT2D eigenvalue weighted by Gasteiger charge is -2.27. The Balaban J connectivity index is 1.56. The highest BCUT2D eigenvalue weighted by atomic mass is 16.5. The average Bonchev–Trinajstić information content (AvgIpc) is 2.98. The molecule has 7 heteroatoms. The maximum atomic E-state index is 12.0. The van der Waals surface area contributed by atoms with Gasteiger partial charge in [0.2, 0.25) is 0 Å². The van der Waals surface area contributed by atoms with Gasteiger partial charge in [0.05, 0.1) is 6.04 Å². The van der Waals surface area contributed by atoms with Gasteiger partial charge in [0.25, 0.3) is 5.89 Å². The van der Waals surface area contributed by atoms with E-state index in [1.54, 1.807) is 4.90 Å². The zero-order chi connectivity index (χ0) is 17.1. The first-order valence-corrected chi connectivity index (χ1v) is 9.04. The van der Waals surface area contributed by atoms with Crippen LogP contribution in [0.25, 0.3) is 11.5 Å². The van der Waals surface area contributed by atoms with Gasteiger partial charge in [-0.25, -0.2) is 4.79 Å². The maximum absolute atomic E-state index is 12.0. The molecule has 2 saturated heterocycles. The van der Waals surface area contributed by atoms with Crippen molar-refractivity contribution < 1.29 is 9.32 Å². The lowest BCUT2D eigenvalue weighted by atomic mass is 10.1. The van der Waals surface area contributed by atoms with Gasteiger partial charge >= 0.3 is 6.03 Å². The summed E-state index contributed by atoms with van der Waals surface area (Å²) >= 11 is 0. The third-order valence-corrected chi connectivity index (χ3v) is 4.80. The Kier molecular flexibility index (Phi) is 4.65. The van der Waals surface area contributed by atoms with Crippen molar-refractivity contribution in [1.29, 1.82) is 0 Å². The van der Waals surface area contributed by atoms with E-state index in [1.165, 1.54) is 19.3 Å². The number of anilines is 1. The second-order valence-electron chi connectivity index (χ2n) is 6.60. The van der Waals surface area contributed by atoms with Crippen molar-refractivity contribution in [3.8, 4) is 11.5 Å². The van der Waals surface area contributed by atoms with E-state index >= 15 is 0 Å². The van der Waals surface area contributed by atoms with Crippen LogP contribution in [0, 0.1) is 0 Å². The van der Waals surface area contributed by atoms with E-state index in [2.05, 4.69) is 20.8 Å². The van der Waals surface area contributed by atoms with Crippen molar-refractivity contribution in [3.05, 3.63) is 30.1 Å². The molecule has 2 N–H and O–H groups in total. The van der Waals surface area contributed by atoms with Gasteiger partial charge in [-0.1, -0.05) is 24.1 Å². The molecule has 2 aromatic rings. The van der Waals surface area contributed by atoms with Gasteiger partial charge in [-0.05, 0) is 44.0 Å². The molecule has 1 aromatic heterocycles. The third kappa shape index (κ3) is 3.51. The molecule has 0 spiro atoms. The molecule has 7 nitrogen and oxygen atoms in total. The minimum Gasteiger partial charge on any atom is -0.338 e. The van der Waals surface area contributed by atoms with Crippen LogP contribution < -0.4 is 15.5 Å². The number of carbonyl (C=O) groups is 1. The average molecular weight is 341 g/mol. The van der Waals surface area contributed by atoms with Crippen molar-refractivity contribution in [3.63, 3.8) is 0 Å². The number of hydrogen-bond donors (Lipinski definition) is 2. The van der Waals surface area contributed by atoms with Crippen LogP contribution in [-0.4, -0.2) is 35.8 Å². The topological polar surface area (TPSA) is 83.3 Å². The zero-order valence-corrected chi connectivity index (χ0v) is 14.2. The van der Waals surface area contributed by atoms with E-state index in [0.29, 0.717) is 5.89 Å². The minimum absolute atomic E-state index is 0.0581. The van der Waals surface area contributed by atoms with Crippen LogP contribution in [0.3, 0.4) is 0 Å². The molecule has 4 rings (SSSR count). The molecule has 1 aromatic carbocycles. The smallest absolute Gasteiger partial charge is 0.321 e. The van der Waals surface area contributed by atoms with E-state index in [-0.39, 0.29) is 12.1 Å². The number of amides is 2. The number of urea groups is 1. The first-order chi connectivity index (χ1) is 12.3. The van der Waals surface area contributed by atoms with Gasteiger partial charge in [-0.2, -0.15) is 4.98 Å². The molecule has 0 saturated carbocycles. The summed E-state index contributed by atoms with van der Waals surface area (Å²) in [6.45, 7) is 2.45. The number of nitrogens with zero attached hydrogens (tertiary/aromatic N) is 3. The molecule has 2 amide bonds. The molecule has 2 aliphatic heterocycles. The molecule has 0 aliphatic carbocycles. The first kappa shape index (κ1) is 16.1. The van der Waals surface area contributed by atoms with Crippen LogP contribution in [0.5, 0.6) is 0 Å². The molecule has 132 valence electrons. The van der Waals surface area contributed by atoms with Crippen LogP contribution in [0.1, 0.15) is 44.0 Å². The second-order valence-corrected chi connectivity index (χ2v) is 6.60. The van der Waals surface area contributed by atoms with Crippen LogP contribution in [-0.2, 0) is 0 Å². The molecule has 2 fully saturated rings. The predicted octanol–water partition coefficient (Wildman–Crippen LogP) is 2.86. The zero-order valence-electron chi connectivity index (χ0n) is 14.2. The van der Waals surface area contributed by atoms with Gasteiger partial charge in [-0.15, -0.1) is 0 Å². The van der Waals surface area contributed by atoms with Gasteiger partial charge in [0, 0.05) is 24.3 Å². The van der Waals surface area contributed by atoms with Gasteiger partial charge in [0.1, 0.15) is 0 Å². The fraction of sp³-hybridized carbons (Fsp3) is 0.500. The highest BCUT2D eigenvalue weighted by molar-refractivity contribution is 5.93. The SMILES string of the molecule is O=C1NCCCN1c1cccc(-c2nc([C@@H]3CCCCCN3)no2)c1. The summed E-state index contributed by atoms with van der Waals surface area (Å²) in [7, 11) is 0. The van der Waals surface area contributed by atoms with E-state index in [4.69, 9.17) is 4.52 Å². The Labute approximate surface area is 146 Å². The number of benzene rings is 1. The molecule has 1 atom stereocenters. The standard InChI is InChI=1S/C18H23N5O2/c24-18-20-10-5-11-23(18)14-7-4-6-13(12-14)17-21-16(22-25-17)15-8-2-1-3-9-19-15/h4,6-7,12,15,19H,1-3,5,8-11H2,(H,20,24)/t15-/m0/s1. The summed E-state index contributed by atoms with van der Waals surface area (Å²) in [5, 5.41) is 10.5. The number of nitrogens with one attached hydrogen (secondary N) is 2. The number of aromatic nitrogens is 2. The van der Waals surface area contributed by atoms with Crippen LogP contribution in [0.4, 0.5) is 10.5 Å². The first-order valence-electron chi connectivity index (χ1n) is 9.04. The molecule has 0 radical (unpaired) electrons. The van der Waals surface area contributed by atoms with Crippen molar-refractivity contribution in [2.45, 2.75) is 38.1 Å². The van der Waals surface area contributed by atoms with Crippen molar-refractivity contribution in [2.24, 2.45) is 0 Å². The fourth-order valence-corrected chi connectivity index (χ4v) is 3.43. The Bertz CT molecular complexity index is 737. The summed E-state index contributed by atoms with van der Waals surface area (Å²) in [5.41, 5.74) is 1.69. The Morgan fingerprint density at radius 1 is 1.16 bits per heavy atom. The maximum Gasteiger partial charge on any atom is 0.321 e. The molecule has 2 aliphatic rings. The molecular weight excluding hydrogens is 318 g/mol. The predicted molar refractivity (Wildman–Crippen MR) is 94.3 cm³/mol. The van der Waals surface area contributed by atoms with E-state index in [0.717, 1.165) is 49.6 Å². The number of hydrogen-bond acceptors (Lipinski definition) is 5. The lowest BCUT2D eigenvalue weighted by Crippen LogP contribution is -2.46. The Morgan fingerprint density at radius 3 is 3.04 bits per heavy atom. The molecule has 0 bridgehead atoms. The summed E-state index contributed by atoms with van der Waals surface area (Å²) in [5.74, 6) is 1.22. The minimum atomic E-state index is -0.0581. The van der Waals surface area contributed by atoms with Crippen molar-refractivity contribution in [2.75, 3.05) is 24.5 Å².